The molecule has 0 unspecified atom stereocenters. The highest BCUT2D eigenvalue weighted by Crippen LogP contribution is 2.33. The van der Waals surface area contributed by atoms with Crippen molar-refractivity contribution in [2.24, 2.45) is 5.41 Å². The second kappa shape index (κ2) is 12.2. The van der Waals surface area contributed by atoms with E-state index in [1.54, 1.807) is 81.3 Å². The molecule has 1 N–H and O–H groups in total. The zero-order valence-electron chi connectivity index (χ0n) is 23.3. The van der Waals surface area contributed by atoms with Gasteiger partial charge in [-0.3, -0.25) is 14.4 Å². The molecule has 0 radical (unpaired) electrons. The molecule has 1 aromatic carbocycles. The fourth-order valence-electron chi connectivity index (χ4n) is 3.87. The number of hydrogen-bond acceptors (Lipinski definition) is 8. The van der Waals surface area contributed by atoms with E-state index in [4.69, 9.17) is 32.8 Å². The van der Waals surface area contributed by atoms with Crippen molar-refractivity contribution in [3.05, 3.63) is 69.3 Å². The molecule has 41 heavy (non-hydrogen) atoms. The number of nitrogens with zero attached hydrogens (tertiary/aromatic N) is 5. The molecule has 4 rings (SSSR count). The number of anilines is 2. The maximum atomic E-state index is 13.3. The minimum atomic E-state index is -0.597. The van der Waals surface area contributed by atoms with Crippen LogP contribution in [-0.2, 0) is 20.9 Å². The number of fused-ring (bicyclic) bond motifs is 1. The Morgan fingerprint density at radius 3 is 2.51 bits per heavy atom. The number of esters is 1. The normalized spacial score (nSPS) is 11.4. The highest BCUT2D eigenvalue weighted by atomic mass is 35.5. The van der Waals surface area contributed by atoms with Gasteiger partial charge in [-0.15, -0.1) is 4.73 Å². The molecule has 3 aromatic heterocycles. The molecule has 11 nitrogen and oxygen atoms in total. The van der Waals surface area contributed by atoms with Crippen LogP contribution in [-0.4, -0.2) is 63.4 Å². The lowest BCUT2D eigenvalue weighted by atomic mass is 9.97. The Kier molecular flexibility index (Phi) is 8.89. The van der Waals surface area contributed by atoms with Gasteiger partial charge in [-0.2, -0.15) is 4.98 Å². The Balaban J connectivity index is 1.47. The van der Waals surface area contributed by atoms with Crippen molar-refractivity contribution in [2.75, 3.05) is 32.6 Å². The number of likely N-dealkylation sites (N-methyl/N-ethyl adjacent to an activating group) is 1. The molecule has 0 spiro atoms. The summed E-state index contributed by atoms with van der Waals surface area (Å²) in [6.07, 6.45) is 5.01. The van der Waals surface area contributed by atoms with Gasteiger partial charge in [-0.05, 0) is 45.0 Å². The Morgan fingerprint density at radius 1 is 1.15 bits per heavy atom. The SMILES string of the molecule is COn1c(=O)c(-c2c(Cl)cccc2Cl)cc2cnc(Nc3ccn(CC(=O)N(C)CCOC(=O)C(C)(C)C)c3)nc21. The molecule has 216 valence electrons. The van der Waals surface area contributed by atoms with Gasteiger partial charge >= 0.3 is 5.97 Å². The number of carbonyl (C=O) groups is 2. The lowest BCUT2D eigenvalue weighted by Gasteiger charge is -2.20. The van der Waals surface area contributed by atoms with Gasteiger partial charge in [0, 0.05) is 36.6 Å². The second-order valence-electron chi connectivity index (χ2n) is 10.3. The summed E-state index contributed by atoms with van der Waals surface area (Å²) in [7, 11) is 3.01. The number of aromatic nitrogens is 4. The smallest absolute Gasteiger partial charge is 0.311 e. The third-order valence-corrected chi connectivity index (χ3v) is 6.77. The first-order valence-electron chi connectivity index (χ1n) is 12.6. The number of carbonyl (C=O) groups excluding carboxylic acids is 2. The maximum absolute atomic E-state index is 13.3. The van der Waals surface area contributed by atoms with E-state index < -0.39 is 11.0 Å². The Morgan fingerprint density at radius 2 is 1.85 bits per heavy atom. The molecule has 0 atom stereocenters. The average Bonchev–Trinajstić information content (AvgIpc) is 3.34. The van der Waals surface area contributed by atoms with Crippen LogP contribution in [0, 0.1) is 5.41 Å². The van der Waals surface area contributed by atoms with Crippen LogP contribution in [0.25, 0.3) is 22.2 Å². The lowest BCUT2D eigenvalue weighted by Crippen LogP contribution is -2.34. The molecular formula is C28H30Cl2N6O5. The van der Waals surface area contributed by atoms with Gasteiger partial charge in [0.15, 0.2) is 5.65 Å². The number of hydrogen-bond donors (Lipinski definition) is 1. The first kappa shape index (κ1) is 29.9. The highest BCUT2D eigenvalue weighted by molar-refractivity contribution is 6.39. The van der Waals surface area contributed by atoms with E-state index >= 15 is 0 Å². The van der Waals surface area contributed by atoms with Crippen LogP contribution in [0.5, 0.6) is 0 Å². The topological polar surface area (TPSA) is 121 Å². The number of benzene rings is 1. The first-order valence-corrected chi connectivity index (χ1v) is 13.4. The number of ether oxygens (including phenoxy) is 1. The van der Waals surface area contributed by atoms with E-state index in [-0.39, 0.29) is 48.7 Å². The first-order chi connectivity index (χ1) is 19.4. The molecule has 0 saturated carbocycles. The zero-order valence-corrected chi connectivity index (χ0v) is 24.8. The predicted octanol–water partition coefficient (Wildman–Crippen LogP) is 4.42. The van der Waals surface area contributed by atoms with Crippen molar-refractivity contribution in [1.29, 1.82) is 0 Å². The molecule has 1 amide bonds. The van der Waals surface area contributed by atoms with Crippen LogP contribution in [0.4, 0.5) is 11.6 Å². The molecule has 0 fully saturated rings. The molecule has 3 heterocycles. The van der Waals surface area contributed by atoms with Crippen molar-refractivity contribution in [3.8, 4) is 11.1 Å². The summed E-state index contributed by atoms with van der Waals surface area (Å²) in [6, 6.07) is 8.37. The fourth-order valence-corrected chi connectivity index (χ4v) is 4.47. The molecule has 0 bridgehead atoms. The van der Waals surface area contributed by atoms with Crippen LogP contribution in [0.15, 0.2) is 53.7 Å². The second-order valence-corrected chi connectivity index (χ2v) is 11.1. The number of nitrogens with one attached hydrogen (secondary N) is 1. The summed E-state index contributed by atoms with van der Waals surface area (Å²) >= 11 is 12.7. The van der Waals surface area contributed by atoms with Crippen molar-refractivity contribution < 1.29 is 19.2 Å². The summed E-state index contributed by atoms with van der Waals surface area (Å²) in [6.45, 7) is 5.81. The van der Waals surface area contributed by atoms with E-state index in [0.717, 1.165) is 4.73 Å². The van der Waals surface area contributed by atoms with Gasteiger partial charge < -0.3 is 24.4 Å². The zero-order chi connectivity index (χ0) is 29.9. The molecular weight excluding hydrogens is 571 g/mol. The number of pyridine rings is 1. The highest BCUT2D eigenvalue weighted by Gasteiger charge is 2.23. The molecule has 0 aliphatic carbocycles. The van der Waals surface area contributed by atoms with Crippen molar-refractivity contribution in [2.45, 2.75) is 27.3 Å². The summed E-state index contributed by atoms with van der Waals surface area (Å²) in [5.41, 5.74) is 0.430. The average molecular weight is 601 g/mol. The van der Waals surface area contributed by atoms with E-state index in [9.17, 15) is 14.4 Å². The summed E-state index contributed by atoms with van der Waals surface area (Å²) in [5.74, 6) is -0.254. The van der Waals surface area contributed by atoms with Gasteiger partial charge in [0.25, 0.3) is 5.56 Å². The summed E-state index contributed by atoms with van der Waals surface area (Å²) in [4.78, 5) is 53.5. The van der Waals surface area contributed by atoms with Crippen molar-refractivity contribution in [3.63, 3.8) is 0 Å². The van der Waals surface area contributed by atoms with Gasteiger partial charge in [0.05, 0.1) is 33.3 Å². The Hall–Kier alpha value is -4.09. The van der Waals surface area contributed by atoms with Gasteiger partial charge in [0.1, 0.15) is 20.3 Å². The van der Waals surface area contributed by atoms with E-state index in [0.29, 0.717) is 26.7 Å². The lowest BCUT2D eigenvalue weighted by molar-refractivity contribution is -0.154. The quantitative estimate of drug-likeness (QED) is 0.280. The Labute approximate surface area is 246 Å². The monoisotopic (exact) mass is 600 g/mol. The molecule has 13 heteroatoms. The third kappa shape index (κ3) is 6.80. The maximum Gasteiger partial charge on any atom is 0.311 e. The Bertz CT molecular complexity index is 1640. The van der Waals surface area contributed by atoms with E-state index in [2.05, 4.69) is 15.3 Å². The minimum Gasteiger partial charge on any atom is -0.463 e. The van der Waals surface area contributed by atoms with Crippen molar-refractivity contribution in [1.82, 2.24) is 24.2 Å². The number of halogens is 2. The number of amides is 1. The summed E-state index contributed by atoms with van der Waals surface area (Å²) in [5, 5.41) is 4.26. The predicted molar refractivity (Wildman–Crippen MR) is 158 cm³/mol. The van der Waals surface area contributed by atoms with Gasteiger partial charge in [-0.25, -0.2) is 4.98 Å². The van der Waals surface area contributed by atoms with E-state index in [1.807, 2.05) is 0 Å². The van der Waals surface area contributed by atoms with Crippen LogP contribution in [0.2, 0.25) is 10.0 Å². The van der Waals surface area contributed by atoms with Gasteiger partial charge in [-0.1, -0.05) is 29.3 Å². The van der Waals surface area contributed by atoms with Crippen LogP contribution in [0.3, 0.4) is 0 Å². The minimum absolute atomic E-state index is 0.0839. The van der Waals surface area contributed by atoms with Crippen LogP contribution < -0.4 is 15.7 Å². The largest absolute Gasteiger partial charge is 0.463 e. The van der Waals surface area contributed by atoms with Gasteiger partial charge in [0.2, 0.25) is 11.9 Å². The van der Waals surface area contributed by atoms with Crippen LogP contribution >= 0.6 is 23.2 Å². The molecule has 0 aliphatic rings. The molecule has 0 saturated heterocycles. The summed E-state index contributed by atoms with van der Waals surface area (Å²) < 4.78 is 7.99. The van der Waals surface area contributed by atoms with Crippen molar-refractivity contribution >= 4 is 57.7 Å². The fraction of sp³-hybridized carbons (Fsp3) is 0.321. The third-order valence-electron chi connectivity index (χ3n) is 6.14. The molecule has 0 aliphatic heterocycles. The standard InChI is InChI=1S/C28H30Cl2N6O5/c1-28(2,3)26(39)41-12-11-34(4)22(37)16-35-10-9-18(15-35)32-27-31-14-17-13-19(23-20(29)7-6-8-21(23)30)25(38)36(40-5)24(17)33-27/h6-10,13-15H,11-12,16H2,1-5H3,(H,31,32,33). The molecule has 4 aromatic rings. The number of rotatable bonds is 9. The van der Waals surface area contributed by atoms with Crippen LogP contribution in [0.1, 0.15) is 20.8 Å². The van der Waals surface area contributed by atoms with E-state index in [1.165, 1.54) is 12.0 Å².